The van der Waals surface area contributed by atoms with Crippen molar-refractivity contribution in [2.24, 2.45) is 0 Å². The van der Waals surface area contributed by atoms with Crippen molar-refractivity contribution in [3.63, 3.8) is 0 Å². The van der Waals surface area contributed by atoms with Crippen molar-refractivity contribution >= 4 is 28.8 Å². The van der Waals surface area contributed by atoms with Crippen molar-refractivity contribution in [3.05, 3.63) is 56.7 Å². The molecule has 0 atom stereocenters. The molecule has 2 aromatic rings. The average Bonchev–Trinajstić information content (AvgIpc) is 2.91. The van der Waals surface area contributed by atoms with Gasteiger partial charge in [-0.1, -0.05) is 41.6 Å². The summed E-state index contributed by atoms with van der Waals surface area (Å²) in [6, 6.07) is 9.28. The quantitative estimate of drug-likeness (QED) is 0.883. The minimum atomic E-state index is -0.187. The number of carbonyl (C=O) groups is 1. The summed E-state index contributed by atoms with van der Waals surface area (Å²) >= 11 is 7.32. The lowest BCUT2D eigenvalue weighted by atomic mass is 10.1. The molecule has 1 aromatic heterocycles. The Labute approximate surface area is 132 Å². The van der Waals surface area contributed by atoms with E-state index in [0.717, 1.165) is 11.1 Å². The first kappa shape index (κ1) is 15.6. The number of benzene rings is 1. The third kappa shape index (κ3) is 3.85. The van der Waals surface area contributed by atoms with E-state index in [2.05, 4.69) is 11.8 Å². The fourth-order valence-corrected chi connectivity index (χ4v) is 2.99. The standard InChI is InChI=1S/C16H14ClNO2S/c1-18(16(20)15-14(17)8-10-21-15)11-13-6-3-2-5-12(13)7-4-9-19/h2-3,5-6,8,10,19H,9,11H2,1H3. The van der Waals surface area contributed by atoms with Gasteiger partial charge in [-0.15, -0.1) is 11.3 Å². The summed E-state index contributed by atoms with van der Waals surface area (Å²) in [5.74, 6) is 5.41. The Morgan fingerprint density at radius 1 is 1.38 bits per heavy atom. The fraction of sp³-hybridized carbons (Fsp3) is 0.188. The molecule has 3 nitrogen and oxygen atoms in total. The Morgan fingerprint density at radius 3 is 2.81 bits per heavy atom. The number of carbonyl (C=O) groups excluding carboxylic acids is 1. The van der Waals surface area contributed by atoms with Gasteiger partial charge in [0.25, 0.3) is 5.91 Å². The van der Waals surface area contributed by atoms with E-state index >= 15 is 0 Å². The minimum Gasteiger partial charge on any atom is -0.384 e. The van der Waals surface area contributed by atoms with E-state index in [1.165, 1.54) is 11.3 Å². The van der Waals surface area contributed by atoms with Gasteiger partial charge >= 0.3 is 0 Å². The second-order valence-electron chi connectivity index (χ2n) is 4.38. The number of aliphatic hydroxyl groups is 1. The molecular weight excluding hydrogens is 306 g/mol. The summed E-state index contributed by atoms with van der Waals surface area (Å²) < 4.78 is 0. The number of nitrogens with zero attached hydrogens (tertiary/aromatic N) is 1. The topological polar surface area (TPSA) is 40.5 Å². The van der Waals surface area contributed by atoms with Gasteiger partial charge in [0.1, 0.15) is 11.5 Å². The first-order valence-corrected chi connectivity index (χ1v) is 7.55. The van der Waals surface area contributed by atoms with E-state index in [-0.39, 0.29) is 12.5 Å². The first-order chi connectivity index (χ1) is 10.1. The largest absolute Gasteiger partial charge is 0.384 e. The third-order valence-electron chi connectivity index (χ3n) is 2.89. The molecule has 0 saturated heterocycles. The van der Waals surface area contributed by atoms with Gasteiger partial charge < -0.3 is 10.0 Å². The Morgan fingerprint density at radius 2 is 2.14 bits per heavy atom. The average molecular weight is 320 g/mol. The van der Waals surface area contributed by atoms with Crippen LogP contribution in [-0.2, 0) is 6.54 Å². The molecule has 5 heteroatoms. The minimum absolute atomic E-state index is 0.111. The summed E-state index contributed by atoms with van der Waals surface area (Å²) in [6.07, 6.45) is 0. The van der Waals surface area contributed by atoms with Crippen LogP contribution >= 0.6 is 22.9 Å². The zero-order valence-corrected chi connectivity index (χ0v) is 13.0. The second-order valence-corrected chi connectivity index (χ2v) is 5.70. The molecule has 21 heavy (non-hydrogen) atoms. The van der Waals surface area contributed by atoms with Gasteiger partial charge in [-0.05, 0) is 23.1 Å². The lowest BCUT2D eigenvalue weighted by molar-refractivity contribution is 0.0790. The SMILES string of the molecule is CN(Cc1ccccc1C#CCO)C(=O)c1sccc1Cl. The lowest BCUT2D eigenvalue weighted by Gasteiger charge is -2.17. The molecule has 108 valence electrons. The number of amides is 1. The molecule has 0 radical (unpaired) electrons. The molecule has 0 aliphatic carbocycles. The summed E-state index contributed by atoms with van der Waals surface area (Å²) in [5.41, 5.74) is 1.74. The Kier molecular flexibility index (Phi) is 5.40. The number of rotatable bonds is 3. The van der Waals surface area contributed by atoms with Gasteiger partial charge in [0, 0.05) is 19.2 Å². The van der Waals surface area contributed by atoms with Crippen LogP contribution in [0.5, 0.6) is 0 Å². The number of hydrogen-bond donors (Lipinski definition) is 1. The summed E-state index contributed by atoms with van der Waals surface area (Å²) in [4.78, 5) is 14.5. The fourth-order valence-electron chi connectivity index (χ4n) is 1.86. The maximum Gasteiger partial charge on any atom is 0.265 e. The summed E-state index contributed by atoms with van der Waals surface area (Å²) in [5, 5.41) is 11.1. The molecule has 2 rings (SSSR count). The van der Waals surface area contributed by atoms with Crippen LogP contribution in [0.15, 0.2) is 35.7 Å². The van der Waals surface area contributed by atoms with Crippen LogP contribution in [0.25, 0.3) is 0 Å². The maximum atomic E-state index is 12.3. The number of thiophene rings is 1. The van der Waals surface area contributed by atoms with E-state index in [4.69, 9.17) is 16.7 Å². The van der Waals surface area contributed by atoms with Gasteiger partial charge in [-0.25, -0.2) is 0 Å². The Balaban J connectivity index is 2.18. The molecule has 0 aliphatic heterocycles. The summed E-state index contributed by atoms with van der Waals surface area (Å²) in [7, 11) is 1.73. The molecule has 1 aromatic carbocycles. The second kappa shape index (κ2) is 7.28. The van der Waals surface area contributed by atoms with Crippen LogP contribution in [0.1, 0.15) is 20.8 Å². The third-order valence-corrected chi connectivity index (χ3v) is 4.21. The van der Waals surface area contributed by atoms with E-state index < -0.39 is 0 Å². The highest BCUT2D eigenvalue weighted by molar-refractivity contribution is 7.12. The van der Waals surface area contributed by atoms with Gasteiger partial charge in [-0.3, -0.25) is 4.79 Å². The van der Waals surface area contributed by atoms with Crippen molar-refractivity contribution < 1.29 is 9.90 Å². The molecule has 0 bridgehead atoms. The molecule has 0 spiro atoms. The molecule has 1 heterocycles. The van der Waals surface area contributed by atoms with Crippen molar-refractivity contribution in [3.8, 4) is 11.8 Å². The van der Waals surface area contributed by atoms with Crippen molar-refractivity contribution in [2.45, 2.75) is 6.54 Å². The van der Waals surface area contributed by atoms with Crippen LogP contribution in [0.2, 0.25) is 5.02 Å². The van der Waals surface area contributed by atoms with Gasteiger partial charge in [0.15, 0.2) is 0 Å². The Bertz CT molecular complexity index is 700. The number of hydrogen-bond acceptors (Lipinski definition) is 3. The van der Waals surface area contributed by atoms with Crippen LogP contribution in [0.4, 0.5) is 0 Å². The highest BCUT2D eigenvalue weighted by Crippen LogP contribution is 2.24. The lowest BCUT2D eigenvalue weighted by Crippen LogP contribution is -2.26. The van der Waals surface area contributed by atoms with E-state index in [9.17, 15) is 4.79 Å². The molecule has 0 fully saturated rings. The van der Waals surface area contributed by atoms with E-state index in [1.807, 2.05) is 24.3 Å². The van der Waals surface area contributed by atoms with E-state index in [0.29, 0.717) is 16.4 Å². The zero-order valence-electron chi connectivity index (χ0n) is 11.5. The molecular formula is C16H14ClNO2S. The number of halogens is 1. The smallest absolute Gasteiger partial charge is 0.265 e. The molecule has 1 amide bonds. The Hall–Kier alpha value is -1.80. The zero-order chi connectivity index (χ0) is 15.2. The van der Waals surface area contributed by atoms with Crippen molar-refractivity contribution in [1.82, 2.24) is 4.90 Å². The normalized spacial score (nSPS) is 9.86. The number of aliphatic hydroxyl groups excluding tert-OH is 1. The predicted octanol–water partition coefficient (Wildman–Crippen LogP) is 3.02. The van der Waals surface area contributed by atoms with Crippen molar-refractivity contribution in [1.29, 1.82) is 0 Å². The monoisotopic (exact) mass is 319 g/mol. The molecule has 1 N–H and O–H groups in total. The highest BCUT2D eigenvalue weighted by atomic mass is 35.5. The van der Waals surface area contributed by atoms with Crippen LogP contribution in [-0.4, -0.2) is 29.6 Å². The van der Waals surface area contributed by atoms with Crippen LogP contribution in [0.3, 0.4) is 0 Å². The van der Waals surface area contributed by atoms with Crippen LogP contribution in [0, 0.1) is 11.8 Å². The van der Waals surface area contributed by atoms with Gasteiger partial charge in [0.2, 0.25) is 0 Å². The predicted molar refractivity (Wildman–Crippen MR) is 85.5 cm³/mol. The molecule has 0 unspecified atom stereocenters. The summed E-state index contributed by atoms with van der Waals surface area (Å²) in [6.45, 7) is 0.247. The molecule has 0 aliphatic rings. The first-order valence-electron chi connectivity index (χ1n) is 6.29. The highest BCUT2D eigenvalue weighted by Gasteiger charge is 2.17. The van der Waals surface area contributed by atoms with Gasteiger partial charge in [-0.2, -0.15) is 0 Å². The molecule has 0 saturated carbocycles. The van der Waals surface area contributed by atoms with E-state index in [1.54, 1.807) is 23.4 Å². The van der Waals surface area contributed by atoms with Crippen LogP contribution < -0.4 is 0 Å². The maximum absolute atomic E-state index is 12.3. The van der Waals surface area contributed by atoms with Crippen molar-refractivity contribution in [2.75, 3.05) is 13.7 Å². The van der Waals surface area contributed by atoms with Gasteiger partial charge in [0.05, 0.1) is 5.02 Å².